The van der Waals surface area contributed by atoms with Gasteiger partial charge in [0.15, 0.2) is 0 Å². The molecule has 0 saturated carbocycles. The molecular weight excluding hydrogens is 312 g/mol. The van der Waals surface area contributed by atoms with E-state index >= 15 is 0 Å². The van der Waals surface area contributed by atoms with Crippen LogP contribution < -0.4 is 5.32 Å². The van der Waals surface area contributed by atoms with Crippen molar-refractivity contribution in [3.05, 3.63) is 44.8 Å². The quantitative estimate of drug-likeness (QED) is 0.879. The van der Waals surface area contributed by atoms with Crippen molar-refractivity contribution in [2.24, 2.45) is 0 Å². The third-order valence-electron chi connectivity index (χ3n) is 4.20. The SMILES string of the molecule is O=C(Cc1cccs1)NCCN1CCC(c2cccs2)CC1. The summed E-state index contributed by atoms with van der Waals surface area (Å²) in [5.41, 5.74) is 0. The number of carbonyl (C=O) groups excluding carboxylic acids is 1. The Labute approximate surface area is 140 Å². The highest BCUT2D eigenvalue weighted by Gasteiger charge is 2.20. The molecule has 2 aromatic rings. The smallest absolute Gasteiger partial charge is 0.225 e. The lowest BCUT2D eigenvalue weighted by molar-refractivity contribution is -0.120. The Morgan fingerprint density at radius 2 is 1.95 bits per heavy atom. The van der Waals surface area contributed by atoms with E-state index in [1.54, 1.807) is 11.3 Å². The molecule has 22 heavy (non-hydrogen) atoms. The second kappa shape index (κ2) is 7.90. The minimum absolute atomic E-state index is 0.135. The number of hydrogen-bond acceptors (Lipinski definition) is 4. The Balaban J connectivity index is 1.32. The van der Waals surface area contributed by atoms with Gasteiger partial charge in [0.2, 0.25) is 5.91 Å². The van der Waals surface area contributed by atoms with E-state index in [0.29, 0.717) is 6.42 Å². The third-order valence-corrected chi connectivity index (χ3v) is 6.11. The fourth-order valence-corrected chi connectivity index (χ4v) is 4.56. The molecule has 3 rings (SSSR count). The molecule has 3 nitrogen and oxygen atoms in total. The molecule has 0 atom stereocenters. The van der Waals surface area contributed by atoms with E-state index in [9.17, 15) is 4.79 Å². The van der Waals surface area contributed by atoms with Crippen molar-refractivity contribution < 1.29 is 4.79 Å². The summed E-state index contributed by atoms with van der Waals surface area (Å²) in [4.78, 5) is 17.0. The van der Waals surface area contributed by atoms with Crippen molar-refractivity contribution in [1.82, 2.24) is 10.2 Å². The highest BCUT2D eigenvalue weighted by molar-refractivity contribution is 7.10. The zero-order chi connectivity index (χ0) is 15.2. The maximum Gasteiger partial charge on any atom is 0.225 e. The summed E-state index contributed by atoms with van der Waals surface area (Å²) in [5, 5.41) is 7.22. The predicted molar refractivity (Wildman–Crippen MR) is 93.8 cm³/mol. The molecule has 0 radical (unpaired) electrons. The number of thiophene rings is 2. The first-order chi connectivity index (χ1) is 10.8. The molecule has 118 valence electrons. The first kappa shape index (κ1) is 15.7. The Kier molecular flexibility index (Phi) is 5.64. The molecule has 0 unspecified atom stereocenters. The van der Waals surface area contributed by atoms with Gasteiger partial charge in [0.1, 0.15) is 0 Å². The highest BCUT2D eigenvalue weighted by atomic mass is 32.1. The predicted octanol–water partition coefficient (Wildman–Crippen LogP) is 3.35. The van der Waals surface area contributed by atoms with Crippen molar-refractivity contribution >= 4 is 28.6 Å². The van der Waals surface area contributed by atoms with Crippen LogP contribution in [0.4, 0.5) is 0 Å². The van der Waals surface area contributed by atoms with Gasteiger partial charge in [-0.1, -0.05) is 12.1 Å². The van der Waals surface area contributed by atoms with Crippen LogP contribution in [-0.4, -0.2) is 37.0 Å². The van der Waals surface area contributed by atoms with E-state index in [1.807, 2.05) is 28.8 Å². The first-order valence-electron chi connectivity index (χ1n) is 7.86. The van der Waals surface area contributed by atoms with Gasteiger partial charge in [-0.3, -0.25) is 4.79 Å². The standard InChI is InChI=1S/C17H22N2OS2/c20-17(13-15-3-1-11-21-15)18-7-10-19-8-5-14(6-9-19)16-4-2-12-22-16/h1-4,11-12,14H,5-10,13H2,(H,18,20). The van der Waals surface area contributed by atoms with Gasteiger partial charge in [0, 0.05) is 22.8 Å². The van der Waals surface area contributed by atoms with Crippen LogP contribution in [0, 0.1) is 0 Å². The second-order valence-corrected chi connectivity index (χ2v) is 7.75. The van der Waals surface area contributed by atoms with E-state index in [-0.39, 0.29) is 5.91 Å². The van der Waals surface area contributed by atoms with Crippen LogP contribution in [0.5, 0.6) is 0 Å². The molecule has 1 amide bonds. The number of nitrogens with zero attached hydrogens (tertiary/aromatic N) is 1. The molecule has 0 spiro atoms. The maximum absolute atomic E-state index is 11.8. The molecule has 1 aliphatic heterocycles. The van der Waals surface area contributed by atoms with Crippen molar-refractivity contribution in [3.8, 4) is 0 Å². The number of hydrogen-bond donors (Lipinski definition) is 1. The molecule has 1 aliphatic rings. The monoisotopic (exact) mass is 334 g/mol. The minimum Gasteiger partial charge on any atom is -0.355 e. The molecule has 1 fully saturated rings. The number of rotatable bonds is 6. The topological polar surface area (TPSA) is 32.3 Å². The largest absolute Gasteiger partial charge is 0.355 e. The third kappa shape index (κ3) is 4.41. The van der Waals surface area contributed by atoms with Gasteiger partial charge in [-0.15, -0.1) is 22.7 Å². The Morgan fingerprint density at radius 3 is 2.64 bits per heavy atom. The van der Waals surface area contributed by atoms with Crippen LogP contribution in [0.25, 0.3) is 0 Å². The van der Waals surface area contributed by atoms with Crippen molar-refractivity contribution in [2.75, 3.05) is 26.2 Å². The van der Waals surface area contributed by atoms with E-state index in [0.717, 1.165) is 37.0 Å². The van der Waals surface area contributed by atoms with Gasteiger partial charge in [0.25, 0.3) is 0 Å². The van der Waals surface area contributed by atoms with Gasteiger partial charge in [-0.2, -0.15) is 0 Å². The average Bonchev–Trinajstić information content (AvgIpc) is 3.21. The normalized spacial score (nSPS) is 16.7. The maximum atomic E-state index is 11.8. The zero-order valence-corrected chi connectivity index (χ0v) is 14.3. The van der Waals surface area contributed by atoms with Crippen LogP contribution >= 0.6 is 22.7 Å². The lowest BCUT2D eigenvalue weighted by Crippen LogP contribution is -2.39. The van der Waals surface area contributed by atoms with Crippen LogP contribution in [0.2, 0.25) is 0 Å². The van der Waals surface area contributed by atoms with Crippen LogP contribution in [-0.2, 0) is 11.2 Å². The summed E-state index contributed by atoms with van der Waals surface area (Å²) in [6.07, 6.45) is 2.99. The lowest BCUT2D eigenvalue weighted by atomic mass is 9.95. The number of likely N-dealkylation sites (tertiary alicyclic amines) is 1. The van der Waals surface area contributed by atoms with Gasteiger partial charge < -0.3 is 10.2 Å². The van der Waals surface area contributed by atoms with Gasteiger partial charge in [-0.05, 0) is 54.7 Å². The van der Waals surface area contributed by atoms with Gasteiger partial charge >= 0.3 is 0 Å². The first-order valence-corrected chi connectivity index (χ1v) is 9.62. The van der Waals surface area contributed by atoms with Crippen molar-refractivity contribution in [2.45, 2.75) is 25.2 Å². The summed E-state index contributed by atoms with van der Waals surface area (Å²) >= 11 is 3.52. The molecule has 2 aromatic heterocycles. The molecule has 3 heterocycles. The fraction of sp³-hybridized carbons (Fsp3) is 0.471. The Morgan fingerprint density at radius 1 is 1.18 bits per heavy atom. The summed E-state index contributed by atoms with van der Waals surface area (Å²) in [6.45, 7) is 4.01. The number of carbonyl (C=O) groups is 1. The average molecular weight is 335 g/mol. The van der Waals surface area contributed by atoms with E-state index in [2.05, 4.69) is 27.7 Å². The molecule has 5 heteroatoms. The summed E-state index contributed by atoms with van der Waals surface area (Å²) in [6, 6.07) is 8.41. The highest BCUT2D eigenvalue weighted by Crippen LogP contribution is 2.30. The number of piperidine rings is 1. The Bertz CT molecular complexity index is 558. The van der Waals surface area contributed by atoms with Crippen LogP contribution in [0.1, 0.15) is 28.5 Å². The summed E-state index contributed by atoms with van der Waals surface area (Å²) in [5.74, 6) is 0.876. The van der Waals surface area contributed by atoms with Crippen molar-refractivity contribution in [3.63, 3.8) is 0 Å². The van der Waals surface area contributed by atoms with Crippen molar-refractivity contribution in [1.29, 1.82) is 0 Å². The number of nitrogens with one attached hydrogen (secondary N) is 1. The summed E-state index contributed by atoms with van der Waals surface area (Å²) < 4.78 is 0. The molecule has 0 bridgehead atoms. The molecule has 1 saturated heterocycles. The van der Waals surface area contributed by atoms with E-state index < -0.39 is 0 Å². The van der Waals surface area contributed by atoms with Gasteiger partial charge in [0.05, 0.1) is 6.42 Å². The van der Waals surface area contributed by atoms with E-state index in [4.69, 9.17) is 0 Å². The van der Waals surface area contributed by atoms with E-state index in [1.165, 1.54) is 17.7 Å². The fourth-order valence-electron chi connectivity index (χ4n) is 2.95. The molecular formula is C17H22N2OS2. The molecule has 0 aromatic carbocycles. The second-order valence-electron chi connectivity index (χ2n) is 5.74. The number of amides is 1. The summed E-state index contributed by atoms with van der Waals surface area (Å²) in [7, 11) is 0. The molecule has 1 N–H and O–H groups in total. The lowest BCUT2D eigenvalue weighted by Gasteiger charge is -2.31. The van der Waals surface area contributed by atoms with Crippen LogP contribution in [0.3, 0.4) is 0 Å². The minimum atomic E-state index is 0.135. The zero-order valence-electron chi connectivity index (χ0n) is 12.7. The van der Waals surface area contributed by atoms with Crippen LogP contribution in [0.15, 0.2) is 35.0 Å². The Hall–Kier alpha value is -1.17. The van der Waals surface area contributed by atoms with Gasteiger partial charge in [-0.25, -0.2) is 0 Å². The molecule has 0 aliphatic carbocycles.